The molecule has 0 radical (unpaired) electrons. The lowest BCUT2D eigenvalue weighted by atomic mass is 9.89. The highest BCUT2D eigenvalue weighted by molar-refractivity contribution is 6.52. The minimum Gasteiger partial charge on any atom is -0.507 e. The van der Waals surface area contributed by atoms with Gasteiger partial charge in [0.2, 0.25) is 5.78 Å². The van der Waals surface area contributed by atoms with Gasteiger partial charge in [0.05, 0.1) is 14.2 Å². The lowest BCUT2D eigenvalue weighted by Gasteiger charge is -2.28. The number of nitrogens with zero attached hydrogens (tertiary/aromatic N) is 1. The first-order chi connectivity index (χ1) is 20.4. The zero-order valence-electron chi connectivity index (χ0n) is 23.5. The van der Waals surface area contributed by atoms with Gasteiger partial charge in [-0.3, -0.25) is 9.79 Å². The van der Waals surface area contributed by atoms with Crippen LogP contribution in [0.5, 0.6) is 28.7 Å². The van der Waals surface area contributed by atoms with Crippen molar-refractivity contribution in [1.82, 2.24) is 5.32 Å². The fourth-order valence-corrected chi connectivity index (χ4v) is 5.89. The molecule has 0 aromatic heterocycles. The van der Waals surface area contributed by atoms with Gasteiger partial charge < -0.3 is 30.1 Å². The molecule has 6 rings (SSSR count). The van der Waals surface area contributed by atoms with E-state index in [2.05, 4.69) is 10.3 Å². The second-order valence-corrected chi connectivity index (χ2v) is 10.6. The van der Waals surface area contributed by atoms with Gasteiger partial charge >= 0.3 is 0 Å². The molecule has 4 N–H and O–H groups in total. The molecule has 0 saturated heterocycles. The molecule has 4 aromatic rings. The highest BCUT2D eigenvalue weighted by Crippen LogP contribution is 2.37. The highest BCUT2D eigenvalue weighted by Gasteiger charge is 2.25. The van der Waals surface area contributed by atoms with Crippen LogP contribution in [0.3, 0.4) is 0 Å². The molecule has 0 fully saturated rings. The van der Waals surface area contributed by atoms with E-state index >= 15 is 0 Å². The molecule has 2 aliphatic rings. The van der Waals surface area contributed by atoms with E-state index < -0.39 is 0 Å². The zero-order valence-corrected chi connectivity index (χ0v) is 23.5. The van der Waals surface area contributed by atoms with Crippen molar-refractivity contribution in [3.05, 3.63) is 100 Å². The van der Waals surface area contributed by atoms with Gasteiger partial charge in [0, 0.05) is 29.3 Å². The Kier molecular flexibility index (Phi) is 7.31. The maximum atomic E-state index is 13.5. The van der Waals surface area contributed by atoms with Gasteiger partial charge in [0.25, 0.3) is 0 Å². The molecular weight excluding hydrogens is 532 g/mol. The number of ether oxygens (including phenoxy) is 2. The molecule has 2 aliphatic heterocycles. The molecule has 0 amide bonds. The van der Waals surface area contributed by atoms with Crippen molar-refractivity contribution in [3.63, 3.8) is 0 Å². The second-order valence-electron chi connectivity index (χ2n) is 10.6. The first-order valence-corrected chi connectivity index (χ1v) is 13.9. The van der Waals surface area contributed by atoms with E-state index in [4.69, 9.17) is 9.47 Å². The fraction of sp³-hybridized carbons (Fsp3) is 0.235. The summed E-state index contributed by atoms with van der Waals surface area (Å²) in [5.74, 6) is 0.842. The van der Waals surface area contributed by atoms with Crippen molar-refractivity contribution in [2.24, 2.45) is 4.99 Å². The van der Waals surface area contributed by atoms with Gasteiger partial charge in [-0.1, -0.05) is 30.3 Å². The van der Waals surface area contributed by atoms with Gasteiger partial charge in [0.1, 0.15) is 11.5 Å². The maximum absolute atomic E-state index is 13.5. The van der Waals surface area contributed by atoms with Gasteiger partial charge in [-0.2, -0.15) is 0 Å². The van der Waals surface area contributed by atoms with Gasteiger partial charge in [-0.25, -0.2) is 0 Å². The number of phenolic OH excluding ortho intramolecular Hbond substituents is 3. The molecule has 8 heteroatoms. The summed E-state index contributed by atoms with van der Waals surface area (Å²) < 4.78 is 10.5. The van der Waals surface area contributed by atoms with Gasteiger partial charge in [-0.05, 0) is 90.0 Å². The fourth-order valence-electron chi connectivity index (χ4n) is 5.89. The Morgan fingerprint density at radius 2 is 1.55 bits per heavy atom. The topological polar surface area (TPSA) is 121 Å². The largest absolute Gasteiger partial charge is 0.507 e. The summed E-state index contributed by atoms with van der Waals surface area (Å²) in [6.45, 7) is 1.29. The van der Waals surface area contributed by atoms with Gasteiger partial charge in [-0.15, -0.1) is 0 Å². The van der Waals surface area contributed by atoms with Crippen molar-refractivity contribution in [1.29, 1.82) is 0 Å². The molecule has 1 atom stereocenters. The number of fused-ring (bicyclic) bond motifs is 2. The third-order valence-corrected chi connectivity index (χ3v) is 8.09. The number of benzene rings is 4. The van der Waals surface area contributed by atoms with Crippen LogP contribution in [0.15, 0.2) is 71.7 Å². The van der Waals surface area contributed by atoms with Crippen molar-refractivity contribution in [2.45, 2.75) is 25.3 Å². The molecule has 214 valence electrons. The number of hydrogen-bond acceptors (Lipinski definition) is 8. The predicted octanol–water partition coefficient (Wildman–Crippen LogP) is 5.15. The molecule has 0 unspecified atom stereocenters. The van der Waals surface area contributed by atoms with Crippen LogP contribution in [0.25, 0.3) is 11.1 Å². The molecule has 42 heavy (non-hydrogen) atoms. The van der Waals surface area contributed by atoms with Crippen LogP contribution in [0.4, 0.5) is 0 Å². The van der Waals surface area contributed by atoms with Gasteiger partial charge in [0.15, 0.2) is 23.0 Å². The summed E-state index contributed by atoms with van der Waals surface area (Å²) in [5, 5.41) is 34.9. The number of ketones is 1. The number of aromatic hydroxyl groups is 3. The van der Waals surface area contributed by atoms with E-state index in [1.807, 2.05) is 30.3 Å². The molecule has 0 aliphatic carbocycles. The van der Waals surface area contributed by atoms with Crippen LogP contribution in [-0.4, -0.2) is 54.1 Å². The quantitative estimate of drug-likeness (QED) is 0.229. The molecule has 0 spiro atoms. The van der Waals surface area contributed by atoms with Crippen LogP contribution in [-0.2, 0) is 19.3 Å². The normalized spacial score (nSPS) is 15.8. The number of aliphatic imine (C=N–C) groups is 1. The molecule has 0 saturated carbocycles. The van der Waals surface area contributed by atoms with Crippen LogP contribution in [0, 0.1) is 0 Å². The minimum atomic E-state index is -0.230. The third kappa shape index (κ3) is 5.05. The zero-order chi connectivity index (χ0) is 29.4. The second kappa shape index (κ2) is 11.2. The minimum absolute atomic E-state index is 0.00139. The Bertz CT molecular complexity index is 1710. The Morgan fingerprint density at radius 3 is 2.29 bits per heavy atom. The summed E-state index contributed by atoms with van der Waals surface area (Å²) in [6, 6.07) is 19.6. The number of methoxy groups -OCH3 is 2. The van der Waals surface area contributed by atoms with E-state index in [1.54, 1.807) is 43.5 Å². The molecule has 8 nitrogen and oxygen atoms in total. The standard InChI is InChI=1S/C34H32N2O6/c1-41-31-15-22-9-11-35-27(24(22)17-29(31)38)14-19-3-8-28(37)25(13-19)20-4-6-21(7-5-20)34(40)33-26-18-30(39)32(42-2)16-23(26)10-12-36-33/h3-8,13,15-18,27,35,37-39H,9-12,14H2,1-2H3/t27-/m0/s1. The summed E-state index contributed by atoms with van der Waals surface area (Å²) in [4.78, 5) is 17.9. The summed E-state index contributed by atoms with van der Waals surface area (Å²) in [5.41, 5.74) is 6.95. The van der Waals surface area contributed by atoms with E-state index in [0.29, 0.717) is 53.3 Å². The monoisotopic (exact) mass is 564 g/mol. The van der Waals surface area contributed by atoms with E-state index in [0.717, 1.165) is 40.8 Å². The molecule has 4 aromatic carbocycles. The van der Waals surface area contributed by atoms with Crippen LogP contribution in [0.2, 0.25) is 0 Å². The molecule has 2 heterocycles. The van der Waals surface area contributed by atoms with Crippen LogP contribution >= 0.6 is 0 Å². The molecule has 0 bridgehead atoms. The number of phenols is 3. The Morgan fingerprint density at radius 1 is 0.833 bits per heavy atom. The lowest BCUT2D eigenvalue weighted by Crippen LogP contribution is -2.31. The van der Waals surface area contributed by atoms with Crippen molar-refractivity contribution >= 4 is 11.5 Å². The number of nitrogens with one attached hydrogen (secondary N) is 1. The summed E-state index contributed by atoms with van der Waals surface area (Å²) in [7, 11) is 3.04. The van der Waals surface area contributed by atoms with E-state index in [1.165, 1.54) is 7.11 Å². The van der Waals surface area contributed by atoms with Crippen molar-refractivity contribution in [3.8, 4) is 39.9 Å². The summed E-state index contributed by atoms with van der Waals surface area (Å²) >= 11 is 0. The first-order valence-electron chi connectivity index (χ1n) is 13.9. The maximum Gasteiger partial charge on any atom is 0.211 e. The van der Waals surface area contributed by atoms with E-state index in [9.17, 15) is 20.1 Å². The lowest BCUT2D eigenvalue weighted by molar-refractivity contribution is 0.106. The van der Waals surface area contributed by atoms with E-state index in [-0.39, 0.29) is 29.1 Å². The predicted molar refractivity (Wildman–Crippen MR) is 160 cm³/mol. The SMILES string of the molecule is COc1cc2c(cc1O)C(C(=O)c1ccc(-c3cc(C[C@@H]4NCCc5cc(OC)c(O)cc54)ccc3O)cc1)=NCC2. The number of hydrogen-bond donors (Lipinski definition) is 4. The Labute approximate surface area is 243 Å². The summed E-state index contributed by atoms with van der Waals surface area (Å²) in [6.07, 6.45) is 2.18. The average Bonchev–Trinajstić information content (AvgIpc) is 3.01. The van der Waals surface area contributed by atoms with Crippen LogP contribution in [0.1, 0.15) is 44.2 Å². The first kappa shape index (κ1) is 27.4. The Balaban J connectivity index is 1.24. The van der Waals surface area contributed by atoms with Crippen molar-refractivity contribution in [2.75, 3.05) is 27.3 Å². The number of carbonyl (C=O) groups is 1. The average molecular weight is 565 g/mol. The highest BCUT2D eigenvalue weighted by atomic mass is 16.5. The number of Topliss-reactive ketones (excluding diaryl/α,β-unsaturated/α-hetero) is 1. The smallest absolute Gasteiger partial charge is 0.211 e. The molecular formula is C34H32N2O6. The Hall–Kier alpha value is -4.82. The number of rotatable bonds is 7. The van der Waals surface area contributed by atoms with Crippen LogP contribution < -0.4 is 14.8 Å². The third-order valence-electron chi connectivity index (χ3n) is 8.09. The van der Waals surface area contributed by atoms with Crippen molar-refractivity contribution < 1.29 is 29.6 Å². The number of carbonyl (C=O) groups excluding carboxylic acids is 1.